The summed E-state index contributed by atoms with van der Waals surface area (Å²) < 4.78 is 13.9. The van der Waals surface area contributed by atoms with Crippen LogP contribution in [0.3, 0.4) is 0 Å². The molecular weight excluding hydrogens is 256 g/mol. The van der Waals surface area contributed by atoms with Gasteiger partial charge in [0, 0.05) is 18.5 Å². The number of nitrogens with zero attached hydrogens (tertiary/aromatic N) is 2. The Kier molecular flexibility index (Phi) is 3.09. The number of fused-ring (bicyclic) bond motifs is 1. The van der Waals surface area contributed by atoms with Gasteiger partial charge in [-0.2, -0.15) is 0 Å². The van der Waals surface area contributed by atoms with Crippen molar-refractivity contribution in [3.63, 3.8) is 0 Å². The van der Waals surface area contributed by atoms with Crippen LogP contribution in [0, 0.1) is 0 Å². The van der Waals surface area contributed by atoms with Gasteiger partial charge in [-0.15, -0.1) is 0 Å². The summed E-state index contributed by atoms with van der Waals surface area (Å²) in [5.74, 6) is -0.463. The van der Waals surface area contributed by atoms with E-state index in [9.17, 15) is 5.11 Å². The van der Waals surface area contributed by atoms with Crippen molar-refractivity contribution >= 4 is 0 Å². The maximum atomic E-state index is 10.4. The zero-order valence-corrected chi connectivity index (χ0v) is 11.8. The molecule has 1 saturated heterocycles. The van der Waals surface area contributed by atoms with Crippen LogP contribution in [0.2, 0.25) is 0 Å². The van der Waals surface area contributed by atoms with Crippen LogP contribution in [0.15, 0.2) is 6.33 Å². The summed E-state index contributed by atoms with van der Waals surface area (Å²) in [6, 6.07) is 0.0381. The molecule has 1 aromatic rings. The lowest BCUT2D eigenvalue weighted by atomic mass is 9.86. The van der Waals surface area contributed by atoms with Crippen molar-refractivity contribution in [3.05, 3.63) is 17.7 Å². The lowest BCUT2D eigenvalue weighted by Gasteiger charge is -2.40. The van der Waals surface area contributed by atoms with Crippen molar-refractivity contribution < 1.29 is 14.6 Å². The fourth-order valence-electron chi connectivity index (χ4n) is 3.94. The number of ether oxygens (including phenoxy) is 2. The molecule has 2 aliphatic carbocycles. The summed E-state index contributed by atoms with van der Waals surface area (Å²) in [5, 5.41) is 10.4. The van der Waals surface area contributed by atoms with Gasteiger partial charge in [0.2, 0.25) is 0 Å². The summed E-state index contributed by atoms with van der Waals surface area (Å²) in [4.78, 5) is 4.55. The number of hydrogen-bond acceptors (Lipinski definition) is 4. The molecule has 0 amide bonds. The van der Waals surface area contributed by atoms with Gasteiger partial charge in [0.15, 0.2) is 5.79 Å². The molecule has 20 heavy (non-hydrogen) atoms. The molecule has 1 saturated carbocycles. The van der Waals surface area contributed by atoms with E-state index in [1.54, 1.807) is 0 Å². The highest BCUT2D eigenvalue weighted by molar-refractivity contribution is 5.18. The number of aryl methyl sites for hydroxylation is 1. The first-order chi connectivity index (χ1) is 9.77. The van der Waals surface area contributed by atoms with Gasteiger partial charge in [0.1, 0.15) is 0 Å². The number of imidazole rings is 1. The molecule has 110 valence electrons. The Hall–Kier alpha value is -0.910. The van der Waals surface area contributed by atoms with Gasteiger partial charge in [-0.1, -0.05) is 0 Å². The van der Waals surface area contributed by atoms with E-state index in [1.165, 1.54) is 24.2 Å². The van der Waals surface area contributed by atoms with Crippen LogP contribution in [0.4, 0.5) is 0 Å². The minimum absolute atomic E-state index is 0.0381. The minimum Gasteiger partial charge on any atom is -0.391 e. The van der Waals surface area contributed by atoms with Gasteiger partial charge in [-0.3, -0.25) is 0 Å². The molecule has 1 aromatic heterocycles. The Balaban J connectivity index is 1.64. The Morgan fingerprint density at radius 2 is 2.05 bits per heavy atom. The van der Waals surface area contributed by atoms with Crippen LogP contribution < -0.4 is 0 Å². The fraction of sp³-hybridized carbons (Fsp3) is 0.800. The Bertz CT molecular complexity index is 493. The van der Waals surface area contributed by atoms with Gasteiger partial charge in [0.05, 0.1) is 37.4 Å². The molecule has 1 N–H and O–H groups in total. The van der Waals surface area contributed by atoms with Crippen molar-refractivity contribution in [1.29, 1.82) is 0 Å². The van der Waals surface area contributed by atoms with E-state index < -0.39 is 5.79 Å². The monoisotopic (exact) mass is 278 g/mol. The molecule has 1 spiro atoms. The molecule has 5 nitrogen and oxygen atoms in total. The van der Waals surface area contributed by atoms with Crippen molar-refractivity contribution in [3.8, 4) is 0 Å². The van der Waals surface area contributed by atoms with Crippen LogP contribution in [-0.4, -0.2) is 39.8 Å². The normalized spacial score (nSPS) is 32.5. The zero-order valence-electron chi connectivity index (χ0n) is 11.8. The van der Waals surface area contributed by atoms with Crippen LogP contribution >= 0.6 is 0 Å². The first-order valence-electron chi connectivity index (χ1n) is 7.78. The smallest absolute Gasteiger partial charge is 0.170 e. The molecule has 4 rings (SSSR count). The first kappa shape index (κ1) is 12.8. The number of aliphatic hydroxyl groups is 1. The molecule has 0 bridgehead atoms. The lowest BCUT2D eigenvalue weighted by Crippen LogP contribution is -2.43. The topological polar surface area (TPSA) is 56.5 Å². The second-order valence-corrected chi connectivity index (χ2v) is 6.24. The fourth-order valence-corrected chi connectivity index (χ4v) is 3.94. The number of aliphatic hydroxyl groups excluding tert-OH is 1. The molecule has 2 atom stereocenters. The molecule has 1 aliphatic heterocycles. The number of rotatable bonds is 1. The lowest BCUT2D eigenvalue weighted by molar-refractivity contribution is -0.199. The molecule has 2 unspecified atom stereocenters. The summed E-state index contributed by atoms with van der Waals surface area (Å²) in [6.45, 7) is 1.34. The third-order valence-electron chi connectivity index (χ3n) is 5.02. The van der Waals surface area contributed by atoms with Crippen molar-refractivity contribution in [1.82, 2.24) is 9.55 Å². The Morgan fingerprint density at radius 3 is 2.90 bits per heavy atom. The highest BCUT2D eigenvalue weighted by atomic mass is 16.7. The van der Waals surface area contributed by atoms with E-state index in [4.69, 9.17) is 9.47 Å². The van der Waals surface area contributed by atoms with Crippen LogP contribution in [0.5, 0.6) is 0 Å². The molecule has 2 heterocycles. The average molecular weight is 278 g/mol. The minimum atomic E-state index is -0.463. The predicted octanol–water partition coefficient (Wildman–Crippen LogP) is 1.59. The Labute approximate surface area is 118 Å². The van der Waals surface area contributed by atoms with E-state index in [1.807, 2.05) is 6.33 Å². The quantitative estimate of drug-likeness (QED) is 0.847. The van der Waals surface area contributed by atoms with E-state index in [-0.39, 0.29) is 12.1 Å². The van der Waals surface area contributed by atoms with Gasteiger partial charge in [-0.05, 0) is 32.1 Å². The highest BCUT2D eigenvalue weighted by Crippen LogP contribution is 2.42. The van der Waals surface area contributed by atoms with Crippen molar-refractivity contribution in [2.24, 2.45) is 0 Å². The molecule has 2 fully saturated rings. The molecule has 3 aliphatic rings. The Morgan fingerprint density at radius 1 is 1.25 bits per heavy atom. The predicted molar refractivity (Wildman–Crippen MR) is 72.4 cm³/mol. The van der Waals surface area contributed by atoms with Crippen molar-refractivity contribution in [2.75, 3.05) is 13.2 Å². The first-order valence-corrected chi connectivity index (χ1v) is 7.78. The van der Waals surface area contributed by atoms with Crippen LogP contribution in [0.25, 0.3) is 0 Å². The summed E-state index contributed by atoms with van der Waals surface area (Å²) in [5.41, 5.74) is 2.53. The molecular formula is C15H22N2O3. The summed E-state index contributed by atoms with van der Waals surface area (Å²) in [6.07, 6.45) is 8.45. The second kappa shape index (κ2) is 4.83. The summed E-state index contributed by atoms with van der Waals surface area (Å²) in [7, 11) is 0. The average Bonchev–Trinajstić information content (AvgIpc) is 3.09. The van der Waals surface area contributed by atoms with Crippen LogP contribution in [-0.2, 0) is 22.3 Å². The van der Waals surface area contributed by atoms with Crippen LogP contribution in [0.1, 0.15) is 49.5 Å². The highest BCUT2D eigenvalue weighted by Gasteiger charge is 2.45. The van der Waals surface area contributed by atoms with Gasteiger partial charge >= 0.3 is 0 Å². The molecule has 0 aromatic carbocycles. The standard InChI is InChI=1S/C15H22N2O3/c18-14-5-6-15(19-7-8-20-15)9-13(14)17-10-16-11-3-1-2-4-12(11)17/h10,13-14,18H,1-9H2. The van der Waals surface area contributed by atoms with Crippen molar-refractivity contribution in [2.45, 2.75) is 62.9 Å². The van der Waals surface area contributed by atoms with Gasteiger partial charge in [0.25, 0.3) is 0 Å². The number of aromatic nitrogens is 2. The van der Waals surface area contributed by atoms with Gasteiger partial charge < -0.3 is 19.1 Å². The maximum Gasteiger partial charge on any atom is 0.170 e. The molecule has 5 heteroatoms. The van der Waals surface area contributed by atoms with E-state index >= 15 is 0 Å². The number of hydrogen-bond donors (Lipinski definition) is 1. The largest absolute Gasteiger partial charge is 0.391 e. The van der Waals surface area contributed by atoms with E-state index in [0.717, 1.165) is 32.1 Å². The van der Waals surface area contributed by atoms with E-state index in [2.05, 4.69) is 9.55 Å². The third kappa shape index (κ3) is 2.00. The maximum absolute atomic E-state index is 10.4. The van der Waals surface area contributed by atoms with E-state index in [0.29, 0.717) is 13.2 Å². The molecule has 0 radical (unpaired) electrons. The SMILES string of the molecule is OC1CCC2(CC1n1cnc3c1CCCC3)OCCO2. The zero-order chi connectivity index (χ0) is 13.6. The second-order valence-electron chi connectivity index (χ2n) is 6.24. The third-order valence-corrected chi connectivity index (χ3v) is 5.02. The van der Waals surface area contributed by atoms with Gasteiger partial charge in [-0.25, -0.2) is 4.98 Å². The summed E-state index contributed by atoms with van der Waals surface area (Å²) >= 11 is 0.